The van der Waals surface area contributed by atoms with Gasteiger partial charge >= 0.3 is 0 Å². The van der Waals surface area contributed by atoms with E-state index in [4.69, 9.17) is 0 Å². The molecule has 0 saturated carbocycles. The maximum absolute atomic E-state index is 12.7. The highest BCUT2D eigenvalue weighted by molar-refractivity contribution is 7.16. The van der Waals surface area contributed by atoms with Crippen molar-refractivity contribution >= 4 is 33.3 Å². The van der Waals surface area contributed by atoms with Crippen LogP contribution in [0.2, 0.25) is 0 Å². The first kappa shape index (κ1) is 17.0. The van der Waals surface area contributed by atoms with E-state index in [1.54, 1.807) is 22.3 Å². The fourth-order valence-corrected chi connectivity index (χ4v) is 4.23. The van der Waals surface area contributed by atoms with Crippen LogP contribution in [0.25, 0.3) is 10.2 Å². The summed E-state index contributed by atoms with van der Waals surface area (Å²) >= 11 is 1.64. The number of piperidine rings is 1. The topological polar surface area (TPSA) is 67.2 Å². The Morgan fingerprint density at radius 1 is 1.31 bits per heavy atom. The molecule has 0 spiro atoms. The van der Waals surface area contributed by atoms with Crippen molar-refractivity contribution in [2.75, 3.05) is 25.0 Å². The average molecular weight is 370 g/mol. The normalized spacial score (nSPS) is 15.6. The van der Waals surface area contributed by atoms with Gasteiger partial charge in [-0.2, -0.15) is 5.10 Å². The molecule has 136 valence electrons. The van der Waals surface area contributed by atoms with Crippen LogP contribution in [0.1, 0.15) is 29.0 Å². The van der Waals surface area contributed by atoms with Crippen LogP contribution in [-0.4, -0.2) is 56.7 Å². The molecule has 1 amide bonds. The van der Waals surface area contributed by atoms with Crippen molar-refractivity contribution in [2.24, 2.45) is 7.05 Å². The number of rotatable bonds is 3. The number of hydrogen-bond acceptors (Lipinski definition) is 6. The van der Waals surface area contributed by atoms with Gasteiger partial charge in [-0.1, -0.05) is 0 Å². The second-order valence-electron chi connectivity index (χ2n) is 6.77. The van der Waals surface area contributed by atoms with Gasteiger partial charge in [-0.15, -0.1) is 11.3 Å². The van der Waals surface area contributed by atoms with Gasteiger partial charge in [0.05, 0.1) is 5.39 Å². The standard InChI is InChI=1S/C18H22N6OS/c1-12-10-15(21-23(12)3)18(25)22(2)13-4-7-24(8-5-13)16-14-6-9-26-17(14)20-11-19-16/h6,9-11,13H,4-5,7-8H2,1-3H3. The number of carbonyl (C=O) groups excluding carboxylic acids is 1. The van der Waals surface area contributed by atoms with Crippen molar-refractivity contribution in [3.63, 3.8) is 0 Å². The zero-order valence-corrected chi connectivity index (χ0v) is 16.0. The molecule has 0 bridgehead atoms. The van der Waals surface area contributed by atoms with Gasteiger partial charge in [0.2, 0.25) is 0 Å². The predicted molar refractivity (Wildman–Crippen MR) is 103 cm³/mol. The number of thiophene rings is 1. The van der Waals surface area contributed by atoms with Crippen LogP contribution < -0.4 is 4.90 Å². The molecule has 0 aromatic carbocycles. The molecule has 3 aromatic rings. The molecule has 4 rings (SSSR count). The summed E-state index contributed by atoms with van der Waals surface area (Å²) in [4.78, 5) is 26.7. The second-order valence-corrected chi connectivity index (χ2v) is 7.66. The molecule has 0 N–H and O–H groups in total. The Hall–Kier alpha value is -2.48. The zero-order chi connectivity index (χ0) is 18.3. The van der Waals surface area contributed by atoms with E-state index in [2.05, 4.69) is 31.4 Å². The molecule has 26 heavy (non-hydrogen) atoms. The zero-order valence-electron chi connectivity index (χ0n) is 15.2. The fourth-order valence-electron chi connectivity index (χ4n) is 3.51. The minimum Gasteiger partial charge on any atom is -0.356 e. The fraction of sp³-hybridized carbons (Fsp3) is 0.444. The predicted octanol–water partition coefficient (Wildman–Crippen LogP) is 2.47. The molecule has 0 unspecified atom stereocenters. The third-order valence-corrected chi connectivity index (χ3v) is 6.03. The van der Waals surface area contributed by atoms with Gasteiger partial charge in [0.25, 0.3) is 5.91 Å². The first-order valence-electron chi connectivity index (χ1n) is 8.75. The minimum atomic E-state index is -0.00517. The average Bonchev–Trinajstić information content (AvgIpc) is 3.27. The van der Waals surface area contributed by atoms with Gasteiger partial charge in [-0.3, -0.25) is 9.48 Å². The van der Waals surface area contributed by atoms with Crippen molar-refractivity contribution in [3.05, 3.63) is 35.2 Å². The molecule has 4 heterocycles. The Balaban J connectivity index is 1.44. The third-order valence-electron chi connectivity index (χ3n) is 5.21. The molecule has 7 nitrogen and oxygen atoms in total. The van der Waals surface area contributed by atoms with Gasteiger partial charge in [0.1, 0.15) is 17.0 Å². The number of nitrogens with zero attached hydrogens (tertiary/aromatic N) is 6. The van der Waals surface area contributed by atoms with E-state index < -0.39 is 0 Å². The number of fused-ring (bicyclic) bond motifs is 1. The van der Waals surface area contributed by atoms with Crippen LogP contribution in [0.4, 0.5) is 5.82 Å². The highest BCUT2D eigenvalue weighted by Crippen LogP contribution is 2.29. The van der Waals surface area contributed by atoms with Crippen LogP contribution in [0.5, 0.6) is 0 Å². The van der Waals surface area contributed by atoms with Crippen molar-refractivity contribution in [2.45, 2.75) is 25.8 Å². The van der Waals surface area contributed by atoms with E-state index in [1.807, 2.05) is 32.0 Å². The molecule has 0 atom stereocenters. The molecule has 0 radical (unpaired) electrons. The van der Waals surface area contributed by atoms with Crippen molar-refractivity contribution in [3.8, 4) is 0 Å². The van der Waals surface area contributed by atoms with Crippen LogP contribution in [-0.2, 0) is 7.05 Å². The summed E-state index contributed by atoms with van der Waals surface area (Å²) in [6, 6.07) is 4.16. The van der Waals surface area contributed by atoms with Gasteiger partial charge in [0, 0.05) is 38.9 Å². The van der Waals surface area contributed by atoms with E-state index in [1.165, 1.54) is 0 Å². The summed E-state index contributed by atoms with van der Waals surface area (Å²) in [5.41, 5.74) is 1.51. The molecular formula is C18H22N6OS. The number of anilines is 1. The summed E-state index contributed by atoms with van der Waals surface area (Å²) in [5, 5.41) is 7.48. The summed E-state index contributed by atoms with van der Waals surface area (Å²) in [6.45, 7) is 3.71. The van der Waals surface area contributed by atoms with Crippen molar-refractivity contribution in [1.82, 2.24) is 24.6 Å². The maximum Gasteiger partial charge on any atom is 0.274 e. The van der Waals surface area contributed by atoms with Crippen molar-refractivity contribution < 1.29 is 4.79 Å². The van der Waals surface area contributed by atoms with Crippen LogP contribution in [0.15, 0.2) is 23.8 Å². The monoisotopic (exact) mass is 370 g/mol. The molecular weight excluding hydrogens is 348 g/mol. The number of aryl methyl sites for hydroxylation is 2. The number of aromatic nitrogens is 4. The van der Waals surface area contributed by atoms with E-state index in [0.29, 0.717) is 5.69 Å². The quantitative estimate of drug-likeness (QED) is 0.709. The molecule has 0 aliphatic carbocycles. The Morgan fingerprint density at radius 2 is 2.08 bits per heavy atom. The molecule has 1 aliphatic heterocycles. The first-order chi connectivity index (χ1) is 12.5. The lowest BCUT2D eigenvalue weighted by Gasteiger charge is -2.37. The summed E-state index contributed by atoms with van der Waals surface area (Å²) in [6.07, 6.45) is 3.48. The maximum atomic E-state index is 12.7. The summed E-state index contributed by atoms with van der Waals surface area (Å²) < 4.78 is 1.74. The van der Waals surface area contributed by atoms with E-state index in [-0.39, 0.29) is 11.9 Å². The van der Waals surface area contributed by atoms with Crippen LogP contribution in [0, 0.1) is 6.92 Å². The number of amides is 1. The Bertz CT molecular complexity index is 921. The Morgan fingerprint density at radius 3 is 2.77 bits per heavy atom. The molecule has 1 fully saturated rings. The lowest BCUT2D eigenvalue weighted by atomic mass is 10.0. The number of hydrogen-bond donors (Lipinski definition) is 0. The lowest BCUT2D eigenvalue weighted by molar-refractivity contribution is 0.0702. The van der Waals surface area contributed by atoms with Crippen LogP contribution >= 0.6 is 11.3 Å². The van der Waals surface area contributed by atoms with E-state index in [0.717, 1.165) is 47.7 Å². The highest BCUT2D eigenvalue weighted by atomic mass is 32.1. The van der Waals surface area contributed by atoms with Crippen molar-refractivity contribution in [1.29, 1.82) is 0 Å². The third kappa shape index (κ3) is 2.94. The Kier molecular flexibility index (Phi) is 4.36. The highest BCUT2D eigenvalue weighted by Gasteiger charge is 2.28. The summed E-state index contributed by atoms with van der Waals surface area (Å²) in [7, 11) is 3.74. The van der Waals surface area contributed by atoms with E-state index in [9.17, 15) is 4.79 Å². The van der Waals surface area contributed by atoms with Gasteiger partial charge in [0.15, 0.2) is 5.69 Å². The SMILES string of the molecule is Cc1cc(C(=O)N(C)C2CCN(c3ncnc4sccc34)CC2)nn1C. The Labute approximate surface area is 156 Å². The summed E-state index contributed by atoms with van der Waals surface area (Å²) in [5.74, 6) is 0.999. The molecule has 1 aliphatic rings. The largest absolute Gasteiger partial charge is 0.356 e. The minimum absolute atomic E-state index is 0.00517. The molecule has 3 aromatic heterocycles. The molecule has 8 heteroatoms. The van der Waals surface area contributed by atoms with Crippen LogP contribution in [0.3, 0.4) is 0 Å². The number of carbonyl (C=O) groups is 1. The van der Waals surface area contributed by atoms with E-state index >= 15 is 0 Å². The first-order valence-corrected chi connectivity index (χ1v) is 9.63. The lowest BCUT2D eigenvalue weighted by Crippen LogP contribution is -2.46. The van der Waals surface area contributed by atoms with Gasteiger partial charge in [-0.25, -0.2) is 9.97 Å². The second kappa shape index (κ2) is 6.68. The smallest absolute Gasteiger partial charge is 0.274 e. The molecule has 1 saturated heterocycles. The van der Waals surface area contributed by atoms with Gasteiger partial charge < -0.3 is 9.80 Å². The van der Waals surface area contributed by atoms with Gasteiger partial charge in [-0.05, 0) is 37.3 Å².